The molecule has 1 amide bonds. The van der Waals surface area contributed by atoms with Crippen molar-refractivity contribution in [3.63, 3.8) is 0 Å². The van der Waals surface area contributed by atoms with E-state index >= 15 is 0 Å². The predicted octanol–water partition coefficient (Wildman–Crippen LogP) is 2.03. The number of hydrogen-bond donors (Lipinski definition) is 1. The average Bonchev–Trinajstić information content (AvgIpc) is 3.08. The standard InChI is InChI=1S/C20H22N2O2/c1-3-19-10-22(2)16-11-9-24-15(8-13(11)19)20(17(16)19)12-6-4-5-7-14(12)21-18(20)23/h3-7,11,13,15-17H,1,8-10H2,2H3,(H,21,23)/t11-,13+,15-,16+,17-,19-,20-/m0/s1. The van der Waals surface area contributed by atoms with Crippen LogP contribution in [-0.2, 0) is 14.9 Å². The van der Waals surface area contributed by atoms with Crippen LogP contribution < -0.4 is 5.32 Å². The smallest absolute Gasteiger partial charge is 0.238 e. The van der Waals surface area contributed by atoms with E-state index in [4.69, 9.17) is 4.74 Å². The van der Waals surface area contributed by atoms with E-state index in [0.717, 1.165) is 30.8 Å². The molecule has 3 heterocycles. The summed E-state index contributed by atoms with van der Waals surface area (Å²) >= 11 is 0. The fraction of sp³-hybridized carbons (Fsp3) is 0.550. The Morgan fingerprint density at radius 1 is 1.42 bits per heavy atom. The predicted molar refractivity (Wildman–Crippen MR) is 90.6 cm³/mol. The number of rotatable bonds is 1. The number of anilines is 1. The molecule has 2 saturated heterocycles. The minimum Gasteiger partial charge on any atom is -0.376 e. The summed E-state index contributed by atoms with van der Waals surface area (Å²) in [5.74, 6) is 1.56. The average molecular weight is 322 g/mol. The minimum atomic E-state index is -0.554. The van der Waals surface area contributed by atoms with Crippen LogP contribution >= 0.6 is 0 Å². The van der Waals surface area contributed by atoms with Gasteiger partial charge in [-0.25, -0.2) is 0 Å². The van der Waals surface area contributed by atoms with E-state index in [1.807, 2.05) is 12.1 Å². The van der Waals surface area contributed by atoms with Crippen molar-refractivity contribution in [2.24, 2.45) is 23.2 Å². The van der Waals surface area contributed by atoms with Crippen LogP contribution in [-0.4, -0.2) is 43.2 Å². The lowest BCUT2D eigenvalue weighted by molar-refractivity contribution is -0.153. The van der Waals surface area contributed by atoms with Crippen LogP contribution in [0.25, 0.3) is 0 Å². The fourth-order valence-corrected chi connectivity index (χ4v) is 7.38. The number of amides is 1. The number of benzene rings is 1. The van der Waals surface area contributed by atoms with Gasteiger partial charge in [-0.05, 0) is 31.0 Å². The van der Waals surface area contributed by atoms with E-state index in [2.05, 4.69) is 42.1 Å². The quantitative estimate of drug-likeness (QED) is 0.805. The van der Waals surface area contributed by atoms with Crippen molar-refractivity contribution in [2.45, 2.75) is 24.0 Å². The molecule has 4 heteroatoms. The van der Waals surface area contributed by atoms with Crippen LogP contribution in [0.15, 0.2) is 36.9 Å². The molecule has 6 rings (SSSR count). The van der Waals surface area contributed by atoms with Gasteiger partial charge < -0.3 is 15.0 Å². The Labute approximate surface area is 141 Å². The number of likely N-dealkylation sites (tertiary alicyclic amines) is 1. The maximum Gasteiger partial charge on any atom is 0.238 e. The molecule has 2 aliphatic carbocycles. The number of carbonyl (C=O) groups is 1. The number of nitrogens with zero attached hydrogens (tertiary/aromatic N) is 1. The zero-order chi connectivity index (χ0) is 16.3. The summed E-state index contributed by atoms with van der Waals surface area (Å²) < 4.78 is 6.34. The number of para-hydroxylation sites is 1. The molecular weight excluding hydrogens is 300 g/mol. The summed E-state index contributed by atoms with van der Waals surface area (Å²) in [5.41, 5.74) is 1.61. The third-order valence-corrected chi connectivity index (χ3v) is 7.93. The third-order valence-electron chi connectivity index (χ3n) is 7.93. The molecule has 1 aromatic rings. The van der Waals surface area contributed by atoms with E-state index in [9.17, 15) is 4.79 Å². The van der Waals surface area contributed by atoms with Crippen molar-refractivity contribution in [1.29, 1.82) is 0 Å². The normalized spacial score (nSPS) is 50.4. The zero-order valence-corrected chi connectivity index (χ0v) is 13.9. The molecule has 4 fully saturated rings. The highest BCUT2D eigenvalue weighted by Gasteiger charge is 2.79. The number of ether oxygens (including phenoxy) is 1. The first-order valence-electron chi connectivity index (χ1n) is 9.01. The largest absolute Gasteiger partial charge is 0.376 e. The van der Waals surface area contributed by atoms with E-state index in [-0.39, 0.29) is 23.3 Å². The number of fused-ring (bicyclic) bond motifs is 5. The minimum absolute atomic E-state index is 0.00280. The Morgan fingerprint density at radius 2 is 2.25 bits per heavy atom. The van der Waals surface area contributed by atoms with Gasteiger partial charge in [-0.3, -0.25) is 4.79 Å². The number of carbonyl (C=O) groups excluding carboxylic acids is 1. The third kappa shape index (κ3) is 1.12. The van der Waals surface area contributed by atoms with Crippen molar-refractivity contribution in [2.75, 3.05) is 25.5 Å². The van der Waals surface area contributed by atoms with E-state index in [1.165, 1.54) is 0 Å². The van der Waals surface area contributed by atoms with Gasteiger partial charge >= 0.3 is 0 Å². The SMILES string of the molecule is C=C[C@]12CN(C)[C@@H]3[C@H]4CO[C@@H](C[C@H]41)[C@]1(C(=O)Nc4ccccc41)[C@@H]32. The molecule has 5 bridgehead atoms. The van der Waals surface area contributed by atoms with E-state index in [1.54, 1.807) is 0 Å². The summed E-state index contributed by atoms with van der Waals surface area (Å²) in [6, 6.07) is 8.64. The Kier molecular flexibility index (Phi) is 2.24. The first-order valence-corrected chi connectivity index (χ1v) is 9.01. The van der Waals surface area contributed by atoms with Crippen LogP contribution in [0.2, 0.25) is 0 Å². The van der Waals surface area contributed by atoms with Crippen molar-refractivity contribution in [3.05, 3.63) is 42.5 Å². The number of piperidine rings is 1. The summed E-state index contributed by atoms with van der Waals surface area (Å²) in [7, 11) is 2.21. The summed E-state index contributed by atoms with van der Waals surface area (Å²) in [6.45, 7) is 6.06. The molecule has 3 aliphatic heterocycles. The maximum atomic E-state index is 13.4. The van der Waals surface area contributed by atoms with Crippen molar-refractivity contribution >= 4 is 11.6 Å². The van der Waals surface area contributed by atoms with Gasteiger partial charge in [0.1, 0.15) is 5.41 Å². The second-order valence-corrected chi connectivity index (χ2v) is 8.40. The van der Waals surface area contributed by atoms with Crippen molar-refractivity contribution in [3.8, 4) is 0 Å². The zero-order valence-electron chi connectivity index (χ0n) is 13.9. The second-order valence-electron chi connectivity index (χ2n) is 8.40. The molecule has 124 valence electrons. The highest BCUT2D eigenvalue weighted by molar-refractivity contribution is 6.07. The number of nitrogens with one attached hydrogen (secondary N) is 1. The van der Waals surface area contributed by atoms with Crippen LogP contribution in [0.4, 0.5) is 5.69 Å². The lowest BCUT2D eigenvalue weighted by atomic mass is 9.51. The molecule has 0 unspecified atom stereocenters. The molecule has 1 N–H and O–H groups in total. The molecule has 4 nitrogen and oxygen atoms in total. The van der Waals surface area contributed by atoms with Gasteiger partial charge in [-0.2, -0.15) is 0 Å². The molecule has 1 aromatic carbocycles. The van der Waals surface area contributed by atoms with E-state index in [0.29, 0.717) is 17.9 Å². The van der Waals surface area contributed by atoms with Gasteiger partial charge in [-0.15, -0.1) is 6.58 Å². The van der Waals surface area contributed by atoms with Crippen LogP contribution in [0.1, 0.15) is 12.0 Å². The molecule has 1 spiro atoms. The lowest BCUT2D eigenvalue weighted by Crippen LogP contribution is -2.62. The molecule has 2 saturated carbocycles. The van der Waals surface area contributed by atoms with E-state index < -0.39 is 5.41 Å². The molecule has 0 radical (unpaired) electrons. The Hall–Kier alpha value is -1.65. The highest BCUT2D eigenvalue weighted by atomic mass is 16.5. The Bertz CT molecular complexity index is 792. The lowest BCUT2D eigenvalue weighted by Gasteiger charge is -2.54. The van der Waals surface area contributed by atoms with Gasteiger partial charge in [0.05, 0.1) is 12.7 Å². The van der Waals surface area contributed by atoms with Crippen LogP contribution in [0.5, 0.6) is 0 Å². The maximum absolute atomic E-state index is 13.4. The van der Waals surface area contributed by atoms with Gasteiger partial charge in [0.25, 0.3) is 0 Å². The van der Waals surface area contributed by atoms with Gasteiger partial charge in [0, 0.05) is 35.5 Å². The van der Waals surface area contributed by atoms with Crippen LogP contribution in [0, 0.1) is 23.2 Å². The number of hydrogen-bond acceptors (Lipinski definition) is 3. The monoisotopic (exact) mass is 322 g/mol. The van der Waals surface area contributed by atoms with Crippen LogP contribution in [0.3, 0.4) is 0 Å². The topological polar surface area (TPSA) is 41.6 Å². The Morgan fingerprint density at radius 3 is 3.08 bits per heavy atom. The van der Waals surface area contributed by atoms with Crippen molar-refractivity contribution < 1.29 is 9.53 Å². The fourth-order valence-electron chi connectivity index (χ4n) is 7.38. The molecule has 7 atom stereocenters. The van der Waals surface area contributed by atoms with Crippen molar-refractivity contribution in [1.82, 2.24) is 4.90 Å². The highest BCUT2D eigenvalue weighted by Crippen LogP contribution is 2.73. The first kappa shape index (κ1) is 13.6. The molecular formula is C20H22N2O2. The summed E-state index contributed by atoms with van der Waals surface area (Å²) in [5, 5.41) is 3.18. The van der Waals surface area contributed by atoms with Gasteiger partial charge in [0.2, 0.25) is 5.91 Å². The second kappa shape index (κ2) is 3.94. The van der Waals surface area contributed by atoms with Gasteiger partial charge in [0.15, 0.2) is 0 Å². The van der Waals surface area contributed by atoms with Gasteiger partial charge in [-0.1, -0.05) is 24.3 Å². The molecule has 5 aliphatic rings. The summed E-state index contributed by atoms with van der Waals surface area (Å²) in [6.07, 6.45) is 3.17. The summed E-state index contributed by atoms with van der Waals surface area (Å²) in [4.78, 5) is 15.9. The molecule has 0 aromatic heterocycles. The first-order chi connectivity index (χ1) is 11.6. The molecule has 24 heavy (non-hydrogen) atoms. The Balaban J connectivity index is 1.69.